The summed E-state index contributed by atoms with van der Waals surface area (Å²) in [6.07, 6.45) is 1.22. The molecule has 0 spiro atoms. The molecule has 1 aliphatic carbocycles. The molecule has 0 saturated heterocycles. The quantitative estimate of drug-likeness (QED) is 0.688. The molecule has 4 nitrogen and oxygen atoms in total. The van der Waals surface area contributed by atoms with Crippen LogP contribution < -0.4 is 5.32 Å². The Kier molecular flexibility index (Phi) is 7.00. The third-order valence-electron chi connectivity index (χ3n) is 6.05. The zero-order valence-electron chi connectivity index (χ0n) is 18.1. The molecule has 0 aromatic heterocycles. The number of fused-ring (bicyclic) bond motifs is 1. The lowest BCUT2D eigenvalue weighted by Crippen LogP contribution is -2.41. The molecular weight excluding hydrogens is 393 g/mol. The van der Waals surface area contributed by atoms with Crippen molar-refractivity contribution in [2.75, 3.05) is 13.1 Å². The maximum Gasteiger partial charge on any atom is 0.416 e. The number of rotatable bonds is 4. The zero-order chi connectivity index (χ0) is 21.9. The molecule has 0 bridgehead atoms. The van der Waals surface area contributed by atoms with Crippen LogP contribution in [0.25, 0.3) is 0 Å². The van der Waals surface area contributed by atoms with Crippen molar-refractivity contribution in [3.63, 3.8) is 0 Å². The number of nitrogens with zero attached hydrogens (tertiary/aromatic N) is 1. The Balaban J connectivity index is 1.42. The fourth-order valence-corrected chi connectivity index (χ4v) is 4.42. The molecule has 7 heteroatoms. The molecular formula is C23H33F3N2O2. The summed E-state index contributed by atoms with van der Waals surface area (Å²) in [5.74, 6) is 0.601. The number of alkyl carbamates (subject to hydrolysis) is 1. The molecule has 1 heterocycles. The van der Waals surface area contributed by atoms with Gasteiger partial charge in [0, 0.05) is 19.1 Å². The SMILES string of the molecule is CC(C)(C)OC(=O)NC1CCC(CCN2CCc3ccc(C(F)(F)F)cc3C2)CC1. The first kappa shape index (κ1) is 22.9. The molecule has 2 aliphatic rings. The van der Waals surface area contributed by atoms with Crippen LogP contribution >= 0.6 is 0 Å². The average molecular weight is 427 g/mol. The van der Waals surface area contributed by atoms with E-state index in [9.17, 15) is 18.0 Å². The molecule has 1 fully saturated rings. The van der Waals surface area contributed by atoms with E-state index in [-0.39, 0.29) is 12.1 Å². The molecule has 0 atom stereocenters. The highest BCUT2D eigenvalue weighted by Gasteiger charge is 2.32. The fraction of sp³-hybridized carbons (Fsp3) is 0.696. The summed E-state index contributed by atoms with van der Waals surface area (Å²) >= 11 is 0. The topological polar surface area (TPSA) is 41.6 Å². The molecule has 1 saturated carbocycles. The number of halogens is 3. The molecule has 1 aliphatic heterocycles. The van der Waals surface area contributed by atoms with Crippen molar-refractivity contribution < 1.29 is 22.7 Å². The second-order valence-electron chi connectivity index (χ2n) is 9.66. The lowest BCUT2D eigenvalue weighted by molar-refractivity contribution is -0.137. The van der Waals surface area contributed by atoms with Crippen LogP contribution in [0.1, 0.15) is 69.6 Å². The summed E-state index contributed by atoms with van der Waals surface area (Å²) in [5.41, 5.74) is 0.795. The van der Waals surface area contributed by atoms with E-state index < -0.39 is 17.3 Å². The molecule has 1 aromatic rings. The fourth-order valence-electron chi connectivity index (χ4n) is 4.42. The van der Waals surface area contributed by atoms with Gasteiger partial charge >= 0.3 is 12.3 Å². The number of benzene rings is 1. The van der Waals surface area contributed by atoms with Crippen molar-refractivity contribution in [3.05, 3.63) is 34.9 Å². The highest BCUT2D eigenvalue weighted by molar-refractivity contribution is 5.68. The summed E-state index contributed by atoms with van der Waals surface area (Å²) in [6.45, 7) is 7.96. The number of amides is 1. The minimum Gasteiger partial charge on any atom is -0.444 e. The van der Waals surface area contributed by atoms with Gasteiger partial charge in [0.25, 0.3) is 0 Å². The second-order valence-corrected chi connectivity index (χ2v) is 9.66. The summed E-state index contributed by atoms with van der Waals surface area (Å²) in [6, 6.07) is 4.31. The van der Waals surface area contributed by atoms with Gasteiger partial charge in [0.15, 0.2) is 0 Å². The van der Waals surface area contributed by atoms with Gasteiger partial charge in [-0.1, -0.05) is 6.07 Å². The molecule has 3 rings (SSSR count). The number of hydrogen-bond acceptors (Lipinski definition) is 3. The highest BCUT2D eigenvalue weighted by Crippen LogP contribution is 2.33. The van der Waals surface area contributed by atoms with E-state index in [0.29, 0.717) is 12.5 Å². The van der Waals surface area contributed by atoms with Crippen LogP contribution in [0.5, 0.6) is 0 Å². The van der Waals surface area contributed by atoms with Gasteiger partial charge in [-0.15, -0.1) is 0 Å². The van der Waals surface area contributed by atoms with Gasteiger partial charge in [0.1, 0.15) is 5.60 Å². The van der Waals surface area contributed by atoms with Gasteiger partial charge in [0.2, 0.25) is 0 Å². The Bertz CT molecular complexity index is 735. The van der Waals surface area contributed by atoms with E-state index >= 15 is 0 Å². The first-order valence-corrected chi connectivity index (χ1v) is 10.9. The minimum absolute atomic E-state index is 0.166. The molecule has 168 valence electrons. The number of alkyl halides is 3. The number of nitrogens with one attached hydrogen (secondary N) is 1. The van der Waals surface area contributed by atoms with Gasteiger partial charge in [-0.3, -0.25) is 4.90 Å². The van der Waals surface area contributed by atoms with Crippen LogP contribution in [-0.2, 0) is 23.9 Å². The van der Waals surface area contributed by atoms with E-state index in [4.69, 9.17) is 4.74 Å². The van der Waals surface area contributed by atoms with Crippen molar-refractivity contribution in [2.24, 2.45) is 5.92 Å². The van der Waals surface area contributed by atoms with E-state index in [0.717, 1.165) is 62.7 Å². The predicted molar refractivity (Wildman–Crippen MR) is 110 cm³/mol. The zero-order valence-corrected chi connectivity index (χ0v) is 18.1. The lowest BCUT2D eigenvalue weighted by atomic mass is 9.84. The Hall–Kier alpha value is -1.76. The monoisotopic (exact) mass is 426 g/mol. The summed E-state index contributed by atoms with van der Waals surface area (Å²) in [7, 11) is 0. The van der Waals surface area contributed by atoms with Crippen LogP contribution in [0, 0.1) is 5.92 Å². The molecule has 1 amide bonds. The number of carbonyl (C=O) groups is 1. The number of ether oxygens (including phenoxy) is 1. The smallest absolute Gasteiger partial charge is 0.416 e. The van der Waals surface area contributed by atoms with Crippen LogP contribution in [0.2, 0.25) is 0 Å². The van der Waals surface area contributed by atoms with Crippen molar-refractivity contribution in [1.29, 1.82) is 0 Å². The van der Waals surface area contributed by atoms with Crippen LogP contribution in [0.4, 0.5) is 18.0 Å². The minimum atomic E-state index is -4.29. The largest absolute Gasteiger partial charge is 0.444 e. The average Bonchev–Trinajstić information content (AvgIpc) is 2.64. The van der Waals surface area contributed by atoms with Crippen LogP contribution in [0.3, 0.4) is 0 Å². The molecule has 1 N–H and O–H groups in total. The summed E-state index contributed by atoms with van der Waals surface area (Å²) < 4.78 is 44.3. The molecule has 0 unspecified atom stereocenters. The first-order chi connectivity index (χ1) is 14.0. The lowest BCUT2D eigenvalue weighted by Gasteiger charge is -2.33. The van der Waals surface area contributed by atoms with E-state index in [1.807, 2.05) is 20.8 Å². The maximum absolute atomic E-state index is 13.0. The van der Waals surface area contributed by atoms with Crippen molar-refractivity contribution >= 4 is 6.09 Å². The third-order valence-corrected chi connectivity index (χ3v) is 6.05. The molecule has 0 radical (unpaired) electrons. The van der Waals surface area contributed by atoms with E-state index in [1.165, 1.54) is 12.1 Å². The maximum atomic E-state index is 13.0. The van der Waals surface area contributed by atoms with Gasteiger partial charge in [-0.05, 0) is 95.0 Å². The summed E-state index contributed by atoms with van der Waals surface area (Å²) in [5, 5.41) is 2.97. The van der Waals surface area contributed by atoms with Gasteiger partial charge in [-0.2, -0.15) is 13.2 Å². The van der Waals surface area contributed by atoms with Crippen molar-refractivity contribution in [3.8, 4) is 0 Å². The second kappa shape index (κ2) is 9.16. The standard InChI is InChI=1S/C23H33F3N2O2/c1-22(2,3)30-21(29)27-20-8-4-16(5-9-20)10-12-28-13-11-17-6-7-19(23(24,25)26)14-18(17)15-28/h6-7,14,16,20H,4-5,8-13,15H2,1-3H3,(H,27,29). The molecule has 30 heavy (non-hydrogen) atoms. The third kappa shape index (κ3) is 6.62. The predicted octanol–water partition coefficient (Wildman–Crippen LogP) is 5.54. The van der Waals surface area contributed by atoms with Gasteiger partial charge in [0.05, 0.1) is 5.56 Å². The van der Waals surface area contributed by atoms with E-state index in [1.54, 1.807) is 6.07 Å². The van der Waals surface area contributed by atoms with Gasteiger partial charge < -0.3 is 10.1 Å². The Labute approximate surface area is 177 Å². The van der Waals surface area contributed by atoms with Gasteiger partial charge in [-0.25, -0.2) is 4.79 Å². The van der Waals surface area contributed by atoms with Crippen molar-refractivity contribution in [2.45, 2.75) is 83.7 Å². The summed E-state index contributed by atoms with van der Waals surface area (Å²) in [4.78, 5) is 14.2. The number of hydrogen-bond donors (Lipinski definition) is 1. The van der Waals surface area contributed by atoms with Crippen LogP contribution in [0.15, 0.2) is 18.2 Å². The highest BCUT2D eigenvalue weighted by atomic mass is 19.4. The Morgan fingerprint density at radius 3 is 2.47 bits per heavy atom. The first-order valence-electron chi connectivity index (χ1n) is 10.9. The molecule has 1 aromatic carbocycles. The Morgan fingerprint density at radius 2 is 1.83 bits per heavy atom. The normalized spacial score (nSPS) is 23.0. The Morgan fingerprint density at radius 1 is 1.13 bits per heavy atom. The number of carbonyl (C=O) groups excluding carboxylic acids is 1. The van der Waals surface area contributed by atoms with Crippen molar-refractivity contribution in [1.82, 2.24) is 10.2 Å². The van der Waals surface area contributed by atoms with E-state index in [2.05, 4.69) is 10.2 Å². The van der Waals surface area contributed by atoms with Crippen LogP contribution in [-0.4, -0.2) is 35.7 Å².